The van der Waals surface area contributed by atoms with Crippen molar-refractivity contribution in [3.05, 3.63) is 66.2 Å². The van der Waals surface area contributed by atoms with Gasteiger partial charge >= 0.3 is 0 Å². The second kappa shape index (κ2) is 5.93. The van der Waals surface area contributed by atoms with Crippen molar-refractivity contribution in [2.45, 2.75) is 0 Å². The van der Waals surface area contributed by atoms with Gasteiger partial charge in [-0.25, -0.2) is 0 Å². The van der Waals surface area contributed by atoms with E-state index in [9.17, 15) is 0 Å². The molecule has 0 bridgehead atoms. The van der Waals surface area contributed by atoms with Crippen molar-refractivity contribution in [3.8, 4) is 0 Å². The molecule has 0 aromatic heterocycles. The third-order valence-corrected chi connectivity index (χ3v) is 2.66. The molecule has 0 radical (unpaired) electrons. The molecule has 0 saturated carbocycles. The second-order valence-corrected chi connectivity index (χ2v) is 4.09. The van der Waals surface area contributed by atoms with Crippen molar-refractivity contribution < 1.29 is 0 Å². The van der Waals surface area contributed by atoms with Crippen LogP contribution in [-0.4, -0.2) is 10.9 Å². The Labute approximate surface area is 111 Å². The maximum atomic E-state index is 7.80. The fourth-order valence-corrected chi connectivity index (χ4v) is 1.71. The van der Waals surface area contributed by atoms with E-state index in [2.05, 4.69) is 10.6 Å². The van der Waals surface area contributed by atoms with Crippen molar-refractivity contribution in [1.82, 2.24) is 5.32 Å². The molecule has 3 N–H and O–H groups in total. The summed E-state index contributed by atoms with van der Waals surface area (Å²) in [4.78, 5) is 0.532. The Kier molecular flexibility index (Phi) is 4.04. The number of anilines is 1. The van der Waals surface area contributed by atoms with Crippen LogP contribution in [0.15, 0.2) is 60.7 Å². The van der Waals surface area contributed by atoms with Gasteiger partial charge in [-0.1, -0.05) is 60.7 Å². The molecule has 0 saturated heterocycles. The zero-order valence-electron chi connectivity index (χ0n) is 9.68. The van der Waals surface area contributed by atoms with Gasteiger partial charge < -0.3 is 10.6 Å². The van der Waals surface area contributed by atoms with Crippen LogP contribution < -0.4 is 10.6 Å². The summed E-state index contributed by atoms with van der Waals surface area (Å²) in [6, 6.07) is 19.1. The Morgan fingerprint density at radius 3 is 2.06 bits per heavy atom. The largest absolute Gasteiger partial charge is 0.326 e. The first kappa shape index (κ1) is 12.3. The van der Waals surface area contributed by atoms with Gasteiger partial charge in [-0.2, -0.15) is 0 Å². The van der Waals surface area contributed by atoms with Crippen LogP contribution in [-0.2, 0) is 0 Å². The summed E-state index contributed by atoms with van der Waals surface area (Å²) < 4.78 is 0. The van der Waals surface area contributed by atoms with Crippen molar-refractivity contribution in [2.75, 3.05) is 5.32 Å². The van der Waals surface area contributed by atoms with Crippen molar-refractivity contribution in [3.63, 3.8) is 0 Å². The molecule has 0 amide bonds. The predicted molar refractivity (Wildman–Crippen MR) is 79.1 cm³/mol. The number of hydrogen-bond donors (Lipinski definition) is 3. The van der Waals surface area contributed by atoms with Gasteiger partial charge in [0.2, 0.25) is 0 Å². The first-order chi connectivity index (χ1) is 8.75. The van der Waals surface area contributed by atoms with Gasteiger partial charge in [0.1, 0.15) is 4.99 Å². The van der Waals surface area contributed by atoms with E-state index in [1.807, 2.05) is 60.7 Å². The van der Waals surface area contributed by atoms with Gasteiger partial charge in [0.15, 0.2) is 5.96 Å². The minimum Gasteiger partial charge on any atom is -0.326 e. The molecule has 2 aromatic carbocycles. The minimum absolute atomic E-state index is 0.162. The molecule has 3 nitrogen and oxygen atoms in total. The lowest BCUT2D eigenvalue weighted by Crippen LogP contribution is -2.34. The fourth-order valence-electron chi connectivity index (χ4n) is 1.47. The first-order valence-electron chi connectivity index (χ1n) is 5.53. The number of guanidine groups is 1. The second-order valence-electron chi connectivity index (χ2n) is 3.69. The van der Waals surface area contributed by atoms with E-state index in [0.29, 0.717) is 4.99 Å². The van der Waals surface area contributed by atoms with Crippen molar-refractivity contribution in [1.29, 1.82) is 5.41 Å². The summed E-state index contributed by atoms with van der Waals surface area (Å²) in [5.74, 6) is 0.162. The molecule has 0 spiro atoms. The quantitative estimate of drug-likeness (QED) is 0.439. The lowest BCUT2D eigenvalue weighted by molar-refractivity contribution is 1.29. The number of benzene rings is 2. The van der Waals surface area contributed by atoms with Gasteiger partial charge in [0, 0.05) is 11.3 Å². The van der Waals surface area contributed by atoms with E-state index in [0.717, 1.165) is 11.3 Å². The molecule has 18 heavy (non-hydrogen) atoms. The first-order valence-corrected chi connectivity index (χ1v) is 5.93. The van der Waals surface area contributed by atoms with Crippen molar-refractivity contribution >= 4 is 28.9 Å². The van der Waals surface area contributed by atoms with E-state index >= 15 is 0 Å². The van der Waals surface area contributed by atoms with Crippen LogP contribution >= 0.6 is 12.2 Å². The maximum Gasteiger partial charge on any atom is 0.198 e. The summed E-state index contributed by atoms with van der Waals surface area (Å²) in [7, 11) is 0. The van der Waals surface area contributed by atoms with Crippen LogP contribution in [0.5, 0.6) is 0 Å². The van der Waals surface area contributed by atoms with E-state index < -0.39 is 0 Å². The summed E-state index contributed by atoms with van der Waals surface area (Å²) in [6.07, 6.45) is 0. The van der Waals surface area contributed by atoms with E-state index in [-0.39, 0.29) is 5.96 Å². The maximum absolute atomic E-state index is 7.80. The van der Waals surface area contributed by atoms with E-state index in [1.54, 1.807) is 0 Å². The summed E-state index contributed by atoms with van der Waals surface area (Å²) in [5.41, 5.74) is 1.75. The van der Waals surface area contributed by atoms with E-state index in [1.165, 1.54) is 0 Å². The number of thiocarbonyl (C=S) groups is 1. The molecule has 0 aliphatic heterocycles. The Morgan fingerprint density at radius 1 is 0.889 bits per heavy atom. The lowest BCUT2D eigenvalue weighted by atomic mass is 10.2. The van der Waals surface area contributed by atoms with Crippen molar-refractivity contribution in [2.24, 2.45) is 0 Å². The van der Waals surface area contributed by atoms with Gasteiger partial charge in [0.05, 0.1) is 0 Å². The van der Waals surface area contributed by atoms with Gasteiger partial charge in [-0.15, -0.1) is 0 Å². The molecule has 2 aromatic rings. The molecular weight excluding hydrogens is 242 g/mol. The average Bonchev–Trinajstić information content (AvgIpc) is 2.40. The fraction of sp³-hybridized carbons (Fsp3) is 0. The highest BCUT2D eigenvalue weighted by Crippen LogP contribution is 2.04. The SMILES string of the molecule is N=C(NC(=S)c1ccccc1)Nc1ccccc1. The van der Waals surface area contributed by atoms with Crippen LogP contribution in [0.1, 0.15) is 5.56 Å². The molecule has 0 atom stereocenters. The van der Waals surface area contributed by atoms with Gasteiger partial charge in [-0.05, 0) is 12.1 Å². The highest BCUT2D eigenvalue weighted by atomic mass is 32.1. The average molecular weight is 255 g/mol. The highest BCUT2D eigenvalue weighted by molar-refractivity contribution is 7.80. The third kappa shape index (κ3) is 3.40. The van der Waals surface area contributed by atoms with Gasteiger partial charge in [-0.3, -0.25) is 5.41 Å². The molecule has 2 rings (SSSR count). The Morgan fingerprint density at radius 2 is 1.44 bits per heavy atom. The minimum atomic E-state index is 0.162. The molecule has 0 aliphatic carbocycles. The number of nitrogens with one attached hydrogen (secondary N) is 3. The predicted octanol–water partition coefficient (Wildman–Crippen LogP) is 3.00. The Hall–Kier alpha value is -2.20. The summed E-state index contributed by atoms with van der Waals surface area (Å²) >= 11 is 5.22. The normalized spacial score (nSPS) is 9.56. The molecular formula is C14H13N3S. The lowest BCUT2D eigenvalue weighted by Gasteiger charge is -2.11. The number of para-hydroxylation sites is 1. The molecule has 0 unspecified atom stereocenters. The zero-order valence-corrected chi connectivity index (χ0v) is 10.5. The molecule has 4 heteroatoms. The monoisotopic (exact) mass is 255 g/mol. The Bertz CT molecular complexity index is 537. The zero-order chi connectivity index (χ0) is 12.8. The standard InChI is InChI=1S/C14H13N3S/c15-14(16-12-9-5-2-6-10-12)17-13(18)11-7-3-1-4-8-11/h1-10H,(H3,15,16,17,18). The molecule has 0 heterocycles. The van der Waals surface area contributed by atoms with Crippen LogP contribution in [0.2, 0.25) is 0 Å². The molecule has 90 valence electrons. The molecule has 0 fully saturated rings. The van der Waals surface area contributed by atoms with Crippen LogP contribution in [0, 0.1) is 5.41 Å². The third-order valence-electron chi connectivity index (χ3n) is 2.32. The Balaban J connectivity index is 1.94. The number of hydrogen-bond acceptors (Lipinski definition) is 2. The topological polar surface area (TPSA) is 47.9 Å². The van der Waals surface area contributed by atoms with Crippen LogP contribution in [0.3, 0.4) is 0 Å². The number of rotatable bonds is 2. The molecule has 0 aliphatic rings. The van der Waals surface area contributed by atoms with Crippen LogP contribution in [0.4, 0.5) is 5.69 Å². The smallest absolute Gasteiger partial charge is 0.198 e. The summed E-state index contributed by atoms with van der Waals surface area (Å²) in [5, 5.41) is 13.6. The van der Waals surface area contributed by atoms with Gasteiger partial charge in [0.25, 0.3) is 0 Å². The highest BCUT2D eigenvalue weighted by Gasteiger charge is 2.02. The van der Waals surface area contributed by atoms with E-state index in [4.69, 9.17) is 17.6 Å². The van der Waals surface area contributed by atoms with Crippen LogP contribution in [0.25, 0.3) is 0 Å². The summed E-state index contributed by atoms with van der Waals surface area (Å²) in [6.45, 7) is 0.